The molecule has 3 aromatic carbocycles. The van der Waals surface area contributed by atoms with Crippen LogP contribution >= 0.6 is 0 Å². The van der Waals surface area contributed by atoms with E-state index in [1.807, 2.05) is 54.6 Å². The highest BCUT2D eigenvalue weighted by atomic mass is 16.5. The third kappa shape index (κ3) is 6.43. The summed E-state index contributed by atoms with van der Waals surface area (Å²) in [7, 11) is 0. The fourth-order valence-electron chi connectivity index (χ4n) is 5.44. The fraction of sp³-hybridized carbons (Fsp3) is 0.367. The molecule has 35 heavy (non-hydrogen) atoms. The summed E-state index contributed by atoms with van der Waals surface area (Å²) >= 11 is 0. The van der Waals surface area contributed by atoms with E-state index in [2.05, 4.69) is 39.8 Å². The third-order valence-corrected chi connectivity index (χ3v) is 7.27. The maximum Gasteiger partial charge on any atom is 0.323 e. The molecule has 0 aliphatic carbocycles. The Balaban J connectivity index is 1.08. The Morgan fingerprint density at radius 2 is 1.43 bits per heavy atom. The van der Waals surface area contributed by atoms with Gasteiger partial charge in [0.25, 0.3) is 0 Å². The van der Waals surface area contributed by atoms with Gasteiger partial charge in [0, 0.05) is 23.3 Å². The predicted octanol–water partition coefficient (Wildman–Crippen LogP) is 6.56. The lowest BCUT2D eigenvalue weighted by Crippen LogP contribution is -2.49. The number of piperidine rings is 2. The molecule has 2 N–H and O–H groups in total. The molecule has 2 saturated heterocycles. The van der Waals surface area contributed by atoms with E-state index in [0.29, 0.717) is 12.0 Å². The Bertz CT molecular complexity index is 1080. The highest BCUT2D eigenvalue weighted by molar-refractivity contribution is 5.99. The van der Waals surface area contributed by atoms with Gasteiger partial charge < -0.3 is 15.4 Å². The summed E-state index contributed by atoms with van der Waals surface area (Å²) < 4.78 is 6.15. The lowest BCUT2D eigenvalue weighted by molar-refractivity contribution is 0.0366. The first kappa shape index (κ1) is 23.4. The van der Waals surface area contributed by atoms with Gasteiger partial charge in [-0.1, -0.05) is 48.9 Å². The molecule has 2 aliphatic rings. The van der Waals surface area contributed by atoms with E-state index in [0.717, 1.165) is 30.2 Å². The van der Waals surface area contributed by atoms with Crippen LogP contribution in [0.3, 0.4) is 0 Å². The molecule has 2 atom stereocenters. The zero-order valence-electron chi connectivity index (χ0n) is 20.3. The maximum atomic E-state index is 12.5. The Kier molecular flexibility index (Phi) is 7.64. The number of carbonyl (C=O) groups is 1. The van der Waals surface area contributed by atoms with Gasteiger partial charge in [-0.15, -0.1) is 0 Å². The number of carbonyl (C=O) groups excluding carboxylic acids is 1. The van der Waals surface area contributed by atoms with Crippen molar-refractivity contribution in [1.82, 2.24) is 4.90 Å². The van der Waals surface area contributed by atoms with Crippen molar-refractivity contribution in [3.05, 3.63) is 90.0 Å². The summed E-state index contributed by atoms with van der Waals surface area (Å²) in [5, 5.41) is 5.81. The lowest BCUT2D eigenvalue weighted by Gasteiger charge is -2.44. The summed E-state index contributed by atoms with van der Waals surface area (Å²) in [5.74, 6) is 1.48. The number of ether oxygens (including phenoxy) is 1. The zero-order chi connectivity index (χ0) is 23.9. The fourth-order valence-corrected chi connectivity index (χ4v) is 5.44. The van der Waals surface area contributed by atoms with Crippen LogP contribution in [0.15, 0.2) is 78.9 Å². The minimum absolute atomic E-state index is 0.255. The first-order chi connectivity index (χ1) is 17.2. The van der Waals surface area contributed by atoms with Gasteiger partial charge in [-0.25, -0.2) is 4.79 Å². The molecule has 2 aliphatic heterocycles. The SMILES string of the molecule is O=C(Nc1ccc(Cc2ccccc2)cc1)Nc1ccc(OC[C@@H]2CCCN3CCCC[C@H]23)cc1. The number of rotatable bonds is 7. The van der Waals surface area contributed by atoms with Crippen molar-refractivity contribution >= 4 is 17.4 Å². The van der Waals surface area contributed by atoms with Gasteiger partial charge >= 0.3 is 6.03 Å². The van der Waals surface area contributed by atoms with Crippen LogP contribution < -0.4 is 15.4 Å². The second-order valence-electron chi connectivity index (χ2n) is 9.78. The smallest absolute Gasteiger partial charge is 0.323 e. The van der Waals surface area contributed by atoms with Gasteiger partial charge in [-0.05, 0) is 92.7 Å². The van der Waals surface area contributed by atoms with E-state index < -0.39 is 0 Å². The average molecular weight is 470 g/mol. The largest absolute Gasteiger partial charge is 0.493 e. The van der Waals surface area contributed by atoms with Crippen LogP contribution in [0.1, 0.15) is 43.2 Å². The molecule has 5 rings (SSSR count). The van der Waals surface area contributed by atoms with Crippen molar-refractivity contribution in [2.45, 2.75) is 44.6 Å². The van der Waals surface area contributed by atoms with Crippen molar-refractivity contribution < 1.29 is 9.53 Å². The molecular formula is C30H35N3O2. The molecule has 5 nitrogen and oxygen atoms in total. The van der Waals surface area contributed by atoms with Gasteiger partial charge in [-0.3, -0.25) is 4.90 Å². The Morgan fingerprint density at radius 3 is 2.17 bits per heavy atom. The molecule has 0 bridgehead atoms. The highest BCUT2D eigenvalue weighted by Gasteiger charge is 2.33. The maximum absolute atomic E-state index is 12.5. The summed E-state index contributed by atoms with van der Waals surface area (Å²) in [6.07, 6.45) is 7.40. The van der Waals surface area contributed by atoms with Crippen LogP contribution in [-0.4, -0.2) is 36.7 Å². The molecule has 0 saturated carbocycles. The van der Waals surface area contributed by atoms with Crippen molar-refractivity contribution in [2.24, 2.45) is 5.92 Å². The van der Waals surface area contributed by atoms with Gasteiger partial charge in [0.15, 0.2) is 0 Å². The van der Waals surface area contributed by atoms with E-state index >= 15 is 0 Å². The first-order valence-electron chi connectivity index (χ1n) is 12.9. The number of hydrogen-bond acceptors (Lipinski definition) is 3. The molecule has 2 heterocycles. The molecule has 2 fully saturated rings. The number of urea groups is 1. The lowest BCUT2D eigenvalue weighted by atomic mass is 9.84. The number of hydrogen-bond donors (Lipinski definition) is 2. The van der Waals surface area contributed by atoms with Gasteiger partial charge in [0.05, 0.1) is 6.61 Å². The van der Waals surface area contributed by atoms with Crippen LogP contribution in [0, 0.1) is 5.92 Å². The Morgan fingerprint density at radius 1 is 0.771 bits per heavy atom. The van der Waals surface area contributed by atoms with E-state index in [9.17, 15) is 4.79 Å². The normalized spacial score (nSPS) is 20.0. The minimum Gasteiger partial charge on any atom is -0.493 e. The van der Waals surface area contributed by atoms with Gasteiger partial charge in [0.1, 0.15) is 5.75 Å². The molecule has 0 unspecified atom stereocenters. The molecular weight excluding hydrogens is 434 g/mol. The molecule has 2 amide bonds. The minimum atomic E-state index is -0.255. The van der Waals surface area contributed by atoms with Crippen molar-refractivity contribution in [2.75, 3.05) is 30.3 Å². The van der Waals surface area contributed by atoms with Crippen molar-refractivity contribution in [1.29, 1.82) is 0 Å². The summed E-state index contributed by atoms with van der Waals surface area (Å²) in [6, 6.07) is 26.4. The van der Waals surface area contributed by atoms with E-state index in [1.54, 1.807) is 0 Å². The number of nitrogens with one attached hydrogen (secondary N) is 2. The molecule has 0 aromatic heterocycles. The molecule has 182 valence electrons. The van der Waals surface area contributed by atoms with Crippen LogP contribution in [0.4, 0.5) is 16.2 Å². The third-order valence-electron chi connectivity index (χ3n) is 7.27. The number of nitrogens with zero attached hydrogens (tertiary/aromatic N) is 1. The quantitative estimate of drug-likeness (QED) is 0.412. The number of benzene rings is 3. The number of fused-ring (bicyclic) bond motifs is 1. The van der Waals surface area contributed by atoms with Crippen LogP contribution in [0.5, 0.6) is 5.75 Å². The average Bonchev–Trinajstić information content (AvgIpc) is 2.90. The van der Waals surface area contributed by atoms with Crippen molar-refractivity contribution in [3.8, 4) is 5.75 Å². The summed E-state index contributed by atoms with van der Waals surface area (Å²) in [4.78, 5) is 15.1. The molecule has 3 aromatic rings. The standard InChI is InChI=1S/C30H35N3O2/c34-30(31-26-13-11-24(12-14-26)21-23-7-2-1-3-8-23)32-27-15-17-28(18-16-27)35-22-25-9-6-20-33-19-5-4-10-29(25)33/h1-3,7-8,11-18,25,29H,4-6,9-10,19-22H2,(H2,31,32,34)/t25-,29+/m0/s1. The van der Waals surface area contributed by atoms with E-state index in [1.165, 1.54) is 56.3 Å². The van der Waals surface area contributed by atoms with Gasteiger partial charge in [0.2, 0.25) is 0 Å². The topological polar surface area (TPSA) is 53.6 Å². The zero-order valence-corrected chi connectivity index (χ0v) is 20.3. The van der Waals surface area contributed by atoms with Crippen LogP contribution in [0.2, 0.25) is 0 Å². The first-order valence-corrected chi connectivity index (χ1v) is 12.9. The number of amides is 2. The summed E-state index contributed by atoms with van der Waals surface area (Å²) in [5.41, 5.74) is 3.99. The summed E-state index contributed by atoms with van der Waals surface area (Å²) in [6.45, 7) is 3.28. The van der Waals surface area contributed by atoms with E-state index in [-0.39, 0.29) is 6.03 Å². The molecule has 0 radical (unpaired) electrons. The monoisotopic (exact) mass is 469 g/mol. The van der Waals surface area contributed by atoms with Crippen molar-refractivity contribution in [3.63, 3.8) is 0 Å². The predicted molar refractivity (Wildman–Crippen MR) is 142 cm³/mol. The number of anilines is 2. The van der Waals surface area contributed by atoms with E-state index in [4.69, 9.17) is 4.74 Å². The molecule has 0 spiro atoms. The highest BCUT2D eigenvalue weighted by Crippen LogP contribution is 2.31. The van der Waals surface area contributed by atoms with Crippen LogP contribution in [0.25, 0.3) is 0 Å². The Labute approximate surface area is 208 Å². The second-order valence-corrected chi connectivity index (χ2v) is 9.78. The molecule has 5 heteroatoms. The Hall–Kier alpha value is -3.31. The second kappa shape index (κ2) is 11.4. The van der Waals surface area contributed by atoms with Crippen LogP contribution in [-0.2, 0) is 6.42 Å². The van der Waals surface area contributed by atoms with Gasteiger partial charge in [-0.2, -0.15) is 0 Å².